The van der Waals surface area contributed by atoms with E-state index in [0.29, 0.717) is 19.0 Å². The Kier molecular flexibility index (Phi) is 5.54. The van der Waals surface area contributed by atoms with E-state index in [9.17, 15) is 4.79 Å². The molecule has 0 saturated carbocycles. The summed E-state index contributed by atoms with van der Waals surface area (Å²) in [6.45, 7) is 9.51. The summed E-state index contributed by atoms with van der Waals surface area (Å²) in [6.07, 6.45) is 0.503. The number of carbonyl (C=O) groups is 1. The van der Waals surface area contributed by atoms with Gasteiger partial charge in [-0.1, -0.05) is 51.1 Å². The molecule has 0 spiro atoms. The maximum absolute atomic E-state index is 11.9. The highest BCUT2D eigenvalue weighted by Gasteiger charge is 2.35. The molecule has 2 unspecified atom stereocenters. The van der Waals surface area contributed by atoms with Crippen LogP contribution in [0.2, 0.25) is 0 Å². The van der Waals surface area contributed by atoms with Gasteiger partial charge in [0.1, 0.15) is 5.54 Å². The molecule has 1 aromatic carbocycles. The minimum absolute atomic E-state index is 0.172. The lowest BCUT2D eigenvalue weighted by Crippen LogP contribution is -2.52. The van der Waals surface area contributed by atoms with Crippen molar-refractivity contribution in [2.24, 2.45) is 16.9 Å². The Labute approximate surface area is 128 Å². The predicted octanol–water partition coefficient (Wildman–Crippen LogP) is 2.08. The lowest BCUT2D eigenvalue weighted by molar-refractivity contribution is -0.123. The first-order chi connectivity index (χ1) is 9.59. The normalized spacial score (nSPS) is 16.5. The molecule has 0 heterocycles. The number of hydrogen-bond acceptors (Lipinski definition) is 3. The van der Waals surface area contributed by atoms with Gasteiger partial charge in [-0.3, -0.25) is 4.79 Å². The van der Waals surface area contributed by atoms with Crippen LogP contribution >= 0.6 is 0 Å². The van der Waals surface area contributed by atoms with Crippen LogP contribution in [0.15, 0.2) is 30.3 Å². The molecule has 4 N–H and O–H groups in total. The minimum atomic E-state index is -1.12. The van der Waals surface area contributed by atoms with Crippen LogP contribution in [0.4, 0.5) is 0 Å². The van der Waals surface area contributed by atoms with Gasteiger partial charge in [0.2, 0.25) is 5.91 Å². The molecule has 0 aliphatic carbocycles. The van der Waals surface area contributed by atoms with Gasteiger partial charge in [0.05, 0.1) is 0 Å². The Morgan fingerprint density at radius 1 is 1.24 bits per heavy atom. The molecule has 4 heteroatoms. The largest absolute Gasteiger partial charge is 0.368 e. The number of rotatable bonds is 6. The van der Waals surface area contributed by atoms with Crippen molar-refractivity contribution in [2.75, 3.05) is 13.6 Å². The van der Waals surface area contributed by atoms with E-state index in [0.717, 1.165) is 5.56 Å². The van der Waals surface area contributed by atoms with Gasteiger partial charge in [0.15, 0.2) is 0 Å². The molecule has 0 fully saturated rings. The molecule has 1 rings (SSSR count). The molecule has 1 amide bonds. The maximum atomic E-state index is 11.9. The first-order valence-electron chi connectivity index (χ1n) is 7.43. The number of hydrogen-bond donors (Lipinski definition) is 2. The minimum Gasteiger partial charge on any atom is -0.368 e. The van der Waals surface area contributed by atoms with Crippen LogP contribution in [0.25, 0.3) is 0 Å². The Morgan fingerprint density at radius 3 is 2.19 bits per heavy atom. The highest BCUT2D eigenvalue weighted by Crippen LogP contribution is 2.26. The van der Waals surface area contributed by atoms with E-state index >= 15 is 0 Å². The van der Waals surface area contributed by atoms with Gasteiger partial charge in [0.25, 0.3) is 0 Å². The van der Waals surface area contributed by atoms with E-state index in [4.69, 9.17) is 11.5 Å². The van der Waals surface area contributed by atoms with Crippen LogP contribution in [0.1, 0.15) is 39.7 Å². The summed E-state index contributed by atoms with van der Waals surface area (Å²) in [5.41, 5.74) is 11.7. The summed E-state index contributed by atoms with van der Waals surface area (Å²) < 4.78 is 0. The zero-order chi connectivity index (χ0) is 16.3. The highest BCUT2D eigenvalue weighted by atomic mass is 16.1. The van der Waals surface area contributed by atoms with E-state index in [1.807, 2.05) is 30.3 Å². The summed E-state index contributed by atoms with van der Waals surface area (Å²) in [5.74, 6) is -0.481. The summed E-state index contributed by atoms with van der Waals surface area (Å²) in [5, 5.41) is 0. The zero-order valence-electron chi connectivity index (χ0n) is 13.9. The predicted molar refractivity (Wildman–Crippen MR) is 87.7 cm³/mol. The van der Waals surface area contributed by atoms with E-state index < -0.39 is 11.4 Å². The molecule has 0 radical (unpaired) electrons. The quantitative estimate of drug-likeness (QED) is 0.843. The van der Waals surface area contributed by atoms with Gasteiger partial charge in [-0.25, -0.2) is 0 Å². The third-order valence-electron chi connectivity index (χ3n) is 4.50. The lowest BCUT2D eigenvalue weighted by Gasteiger charge is -2.37. The van der Waals surface area contributed by atoms with Crippen LogP contribution in [-0.2, 0) is 10.3 Å². The number of amides is 1. The van der Waals surface area contributed by atoms with Crippen LogP contribution in [0, 0.1) is 5.41 Å². The van der Waals surface area contributed by atoms with E-state index in [1.165, 1.54) is 0 Å². The first-order valence-corrected chi connectivity index (χ1v) is 7.43. The van der Waals surface area contributed by atoms with Gasteiger partial charge < -0.3 is 16.4 Å². The summed E-state index contributed by atoms with van der Waals surface area (Å²) in [6, 6.07) is 9.75. The Bertz CT molecular complexity index is 467. The monoisotopic (exact) mass is 291 g/mol. The van der Waals surface area contributed by atoms with E-state index in [1.54, 1.807) is 0 Å². The van der Waals surface area contributed by atoms with Crippen molar-refractivity contribution in [1.29, 1.82) is 0 Å². The molecule has 0 aliphatic rings. The smallest absolute Gasteiger partial charge is 0.242 e. The molecule has 21 heavy (non-hydrogen) atoms. The van der Waals surface area contributed by atoms with Crippen molar-refractivity contribution in [1.82, 2.24) is 4.90 Å². The first kappa shape index (κ1) is 17.7. The molecule has 0 saturated heterocycles. The second-order valence-electron chi connectivity index (χ2n) is 6.97. The number of benzene rings is 1. The fraction of sp³-hybridized carbons (Fsp3) is 0.588. The van der Waals surface area contributed by atoms with Crippen molar-refractivity contribution in [3.8, 4) is 0 Å². The molecule has 0 aliphatic heterocycles. The highest BCUT2D eigenvalue weighted by molar-refractivity contribution is 5.85. The van der Waals surface area contributed by atoms with Crippen LogP contribution in [0.3, 0.4) is 0 Å². The van der Waals surface area contributed by atoms with Crippen LogP contribution in [0.5, 0.6) is 0 Å². The van der Waals surface area contributed by atoms with Gasteiger partial charge in [-0.2, -0.15) is 0 Å². The molecule has 2 atom stereocenters. The standard InChI is InChI=1S/C17H29N3O/c1-13(16(2,3)4)20(5)12-11-17(19,15(18)21)14-9-7-6-8-10-14/h6-10,13H,11-12,19H2,1-5H3,(H2,18,21). The van der Waals surface area contributed by atoms with Gasteiger partial charge in [-0.05, 0) is 31.4 Å². The third-order valence-corrected chi connectivity index (χ3v) is 4.50. The molecule has 0 bridgehead atoms. The van der Waals surface area contributed by atoms with Gasteiger partial charge in [-0.15, -0.1) is 0 Å². The van der Waals surface area contributed by atoms with Crippen molar-refractivity contribution in [3.05, 3.63) is 35.9 Å². The number of nitrogens with two attached hydrogens (primary N) is 2. The van der Waals surface area contributed by atoms with E-state index in [2.05, 4.69) is 39.6 Å². The average molecular weight is 291 g/mol. The fourth-order valence-corrected chi connectivity index (χ4v) is 2.35. The molecule has 1 aromatic rings. The zero-order valence-corrected chi connectivity index (χ0v) is 13.9. The molecule has 0 aromatic heterocycles. The Morgan fingerprint density at radius 2 is 1.76 bits per heavy atom. The average Bonchev–Trinajstić information content (AvgIpc) is 2.43. The van der Waals surface area contributed by atoms with Crippen molar-refractivity contribution in [2.45, 2.75) is 45.7 Å². The Hall–Kier alpha value is -1.39. The van der Waals surface area contributed by atoms with Crippen molar-refractivity contribution >= 4 is 5.91 Å². The third kappa shape index (κ3) is 4.29. The summed E-state index contributed by atoms with van der Waals surface area (Å²) >= 11 is 0. The number of nitrogens with zero attached hydrogens (tertiary/aromatic N) is 1. The van der Waals surface area contributed by atoms with Crippen molar-refractivity contribution in [3.63, 3.8) is 0 Å². The van der Waals surface area contributed by atoms with Crippen LogP contribution in [-0.4, -0.2) is 30.4 Å². The molecule has 4 nitrogen and oxygen atoms in total. The SMILES string of the molecule is CC(N(C)CCC(N)(C(N)=O)c1ccccc1)C(C)(C)C. The Balaban J connectivity index is 2.84. The lowest BCUT2D eigenvalue weighted by atomic mass is 9.84. The molecule has 118 valence electrons. The molecular formula is C17H29N3O. The summed E-state index contributed by atoms with van der Waals surface area (Å²) in [7, 11) is 2.06. The number of primary amides is 1. The topological polar surface area (TPSA) is 72.3 Å². The molecular weight excluding hydrogens is 262 g/mol. The van der Waals surface area contributed by atoms with Crippen molar-refractivity contribution < 1.29 is 4.79 Å². The van der Waals surface area contributed by atoms with E-state index in [-0.39, 0.29) is 5.41 Å². The van der Waals surface area contributed by atoms with Gasteiger partial charge >= 0.3 is 0 Å². The second kappa shape index (κ2) is 6.58. The second-order valence-corrected chi connectivity index (χ2v) is 6.97. The maximum Gasteiger partial charge on any atom is 0.242 e. The van der Waals surface area contributed by atoms with Gasteiger partial charge in [0, 0.05) is 12.6 Å². The van der Waals surface area contributed by atoms with Crippen LogP contribution < -0.4 is 11.5 Å². The number of carbonyl (C=O) groups excluding carboxylic acids is 1. The fourth-order valence-electron chi connectivity index (χ4n) is 2.35. The summed E-state index contributed by atoms with van der Waals surface area (Å²) in [4.78, 5) is 14.1.